The lowest BCUT2D eigenvalue weighted by molar-refractivity contribution is -0.142. The normalized spacial score (nSPS) is 11.6. The van der Waals surface area contributed by atoms with Gasteiger partial charge in [0.2, 0.25) is 5.91 Å². The van der Waals surface area contributed by atoms with Crippen LogP contribution < -0.4 is 14.8 Å². The zero-order valence-electron chi connectivity index (χ0n) is 21.2. The number of halogens is 2. The van der Waals surface area contributed by atoms with Gasteiger partial charge in [-0.3, -0.25) is 9.59 Å². The van der Waals surface area contributed by atoms with E-state index in [4.69, 9.17) is 21.1 Å². The van der Waals surface area contributed by atoms with Crippen LogP contribution >= 0.6 is 27.5 Å². The number of rotatable bonds is 12. The van der Waals surface area contributed by atoms with Gasteiger partial charge in [0.15, 0.2) is 6.61 Å². The van der Waals surface area contributed by atoms with Crippen LogP contribution in [0.15, 0.2) is 77.3 Å². The van der Waals surface area contributed by atoms with E-state index in [2.05, 4.69) is 21.2 Å². The molecule has 0 bridgehead atoms. The third-order valence-electron chi connectivity index (χ3n) is 5.69. The van der Waals surface area contributed by atoms with Crippen molar-refractivity contribution >= 4 is 39.3 Å². The van der Waals surface area contributed by atoms with Crippen LogP contribution in [0, 0.1) is 5.92 Å². The summed E-state index contributed by atoms with van der Waals surface area (Å²) in [4.78, 5) is 28.7. The summed E-state index contributed by atoms with van der Waals surface area (Å²) >= 11 is 9.46. The molecule has 1 unspecified atom stereocenters. The fourth-order valence-corrected chi connectivity index (χ4v) is 4.56. The summed E-state index contributed by atoms with van der Waals surface area (Å²) in [5, 5.41) is 3.57. The number of nitrogens with zero attached hydrogens (tertiary/aromatic N) is 1. The summed E-state index contributed by atoms with van der Waals surface area (Å²) in [5.41, 5.74) is 1.80. The molecule has 3 aromatic carbocycles. The largest absolute Gasteiger partial charge is 0.497 e. The Hall–Kier alpha value is -3.03. The lowest BCUT2D eigenvalue weighted by Gasteiger charge is -2.32. The fraction of sp³-hybridized carbons (Fsp3) is 0.310. The first kappa shape index (κ1) is 28.5. The van der Waals surface area contributed by atoms with Gasteiger partial charge in [0.1, 0.15) is 17.5 Å². The number of benzene rings is 3. The number of nitrogens with one attached hydrogen (secondary N) is 1. The van der Waals surface area contributed by atoms with E-state index < -0.39 is 6.04 Å². The summed E-state index contributed by atoms with van der Waals surface area (Å²) in [6.07, 6.45) is 0.366. The highest BCUT2D eigenvalue weighted by molar-refractivity contribution is 9.10. The molecule has 0 fully saturated rings. The second-order valence-electron chi connectivity index (χ2n) is 9.08. The van der Waals surface area contributed by atoms with Gasteiger partial charge in [-0.15, -0.1) is 0 Å². The van der Waals surface area contributed by atoms with Crippen molar-refractivity contribution in [2.45, 2.75) is 32.9 Å². The predicted molar refractivity (Wildman–Crippen MR) is 150 cm³/mol. The Morgan fingerprint density at radius 3 is 2.41 bits per heavy atom. The molecule has 0 heterocycles. The van der Waals surface area contributed by atoms with E-state index in [9.17, 15) is 9.59 Å². The molecule has 0 aliphatic carbocycles. The van der Waals surface area contributed by atoms with Gasteiger partial charge in [0, 0.05) is 24.5 Å². The van der Waals surface area contributed by atoms with Crippen molar-refractivity contribution in [3.63, 3.8) is 0 Å². The molecule has 1 atom stereocenters. The lowest BCUT2D eigenvalue weighted by Crippen LogP contribution is -2.52. The zero-order valence-corrected chi connectivity index (χ0v) is 23.6. The second-order valence-corrected chi connectivity index (χ2v) is 10.4. The average molecular weight is 588 g/mol. The predicted octanol–water partition coefficient (Wildman–Crippen LogP) is 5.90. The van der Waals surface area contributed by atoms with Gasteiger partial charge < -0.3 is 19.7 Å². The average Bonchev–Trinajstić information content (AvgIpc) is 2.89. The number of carbonyl (C=O) groups is 2. The van der Waals surface area contributed by atoms with Crippen LogP contribution in [0.1, 0.15) is 25.0 Å². The minimum Gasteiger partial charge on any atom is -0.497 e. The SMILES string of the molecule is COc1cccc(CN(C(=O)COc2ccc(Cl)cc2Br)C(Cc2ccccc2)C(=O)NCC(C)C)c1. The molecule has 3 rings (SSSR count). The molecule has 196 valence electrons. The van der Waals surface area contributed by atoms with E-state index in [1.165, 1.54) is 0 Å². The maximum absolute atomic E-state index is 13.7. The van der Waals surface area contributed by atoms with E-state index in [0.29, 0.717) is 34.0 Å². The van der Waals surface area contributed by atoms with Gasteiger partial charge in [-0.25, -0.2) is 0 Å². The Kier molecular flexibility index (Phi) is 10.8. The quantitative estimate of drug-likeness (QED) is 0.286. The number of methoxy groups -OCH3 is 1. The maximum Gasteiger partial charge on any atom is 0.261 e. The number of carbonyl (C=O) groups excluding carboxylic acids is 2. The van der Waals surface area contributed by atoms with E-state index >= 15 is 0 Å². The zero-order chi connectivity index (χ0) is 26.8. The molecular weight excluding hydrogens is 556 g/mol. The number of hydrogen-bond donors (Lipinski definition) is 1. The van der Waals surface area contributed by atoms with Crippen molar-refractivity contribution in [1.29, 1.82) is 0 Å². The Morgan fingerprint density at radius 2 is 1.73 bits per heavy atom. The Balaban J connectivity index is 1.92. The van der Waals surface area contributed by atoms with Gasteiger partial charge in [0.05, 0.1) is 11.6 Å². The van der Waals surface area contributed by atoms with Crippen molar-refractivity contribution in [3.05, 3.63) is 93.4 Å². The third-order valence-corrected chi connectivity index (χ3v) is 6.54. The van der Waals surface area contributed by atoms with E-state index in [1.807, 2.05) is 68.4 Å². The van der Waals surface area contributed by atoms with Crippen molar-refractivity contribution in [3.8, 4) is 11.5 Å². The summed E-state index contributed by atoms with van der Waals surface area (Å²) in [6.45, 7) is 4.55. The fourth-order valence-electron chi connectivity index (χ4n) is 3.76. The highest BCUT2D eigenvalue weighted by Gasteiger charge is 2.31. The molecule has 0 aliphatic rings. The molecule has 6 nitrogen and oxygen atoms in total. The van der Waals surface area contributed by atoms with Crippen LogP contribution in [0.4, 0.5) is 0 Å². The molecule has 0 radical (unpaired) electrons. The Morgan fingerprint density at radius 1 is 1.00 bits per heavy atom. The van der Waals surface area contributed by atoms with Gasteiger partial charge in [-0.2, -0.15) is 0 Å². The monoisotopic (exact) mass is 586 g/mol. The minimum absolute atomic E-state index is 0.207. The molecule has 2 amide bonds. The van der Waals surface area contributed by atoms with Crippen LogP contribution in [0.25, 0.3) is 0 Å². The third kappa shape index (κ3) is 8.79. The summed E-state index contributed by atoms with van der Waals surface area (Å²) in [5.74, 6) is 0.916. The topological polar surface area (TPSA) is 67.9 Å². The molecule has 3 aromatic rings. The summed E-state index contributed by atoms with van der Waals surface area (Å²) in [6, 6.07) is 21.5. The van der Waals surface area contributed by atoms with E-state index in [-0.39, 0.29) is 30.9 Å². The number of hydrogen-bond acceptors (Lipinski definition) is 4. The first-order chi connectivity index (χ1) is 17.8. The summed E-state index contributed by atoms with van der Waals surface area (Å²) in [7, 11) is 1.59. The lowest BCUT2D eigenvalue weighted by atomic mass is 10.0. The molecule has 0 aliphatic heterocycles. The minimum atomic E-state index is -0.739. The molecule has 0 saturated carbocycles. The van der Waals surface area contributed by atoms with Gasteiger partial charge in [-0.05, 0) is 63.3 Å². The van der Waals surface area contributed by atoms with Gasteiger partial charge >= 0.3 is 0 Å². The Bertz CT molecular complexity index is 1190. The van der Waals surface area contributed by atoms with Crippen LogP contribution in [-0.2, 0) is 22.6 Å². The molecule has 37 heavy (non-hydrogen) atoms. The highest BCUT2D eigenvalue weighted by Crippen LogP contribution is 2.28. The molecule has 8 heteroatoms. The molecule has 1 N–H and O–H groups in total. The van der Waals surface area contributed by atoms with E-state index in [0.717, 1.165) is 11.1 Å². The van der Waals surface area contributed by atoms with E-state index in [1.54, 1.807) is 30.2 Å². The molecule has 0 spiro atoms. The highest BCUT2D eigenvalue weighted by atomic mass is 79.9. The van der Waals surface area contributed by atoms with Crippen LogP contribution in [0.3, 0.4) is 0 Å². The van der Waals surface area contributed by atoms with Crippen molar-refractivity contribution in [1.82, 2.24) is 10.2 Å². The van der Waals surface area contributed by atoms with Crippen LogP contribution in [0.5, 0.6) is 11.5 Å². The first-order valence-corrected chi connectivity index (χ1v) is 13.3. The molecule has 0 aromatic heterocycles. The number of ether oxygens (including phenoxy) is 2. The van der Waals surface area contributed by atoms with Crippen LogP contribution in [0.2, 0.25) is 5.02 Å². The van der Waals surface area contributed by atoms with Gasteiger partial charge in [-0.1, -0.05) is 67.9 Å². The van der Waals surface area contributed by atoms with Crippen molar-refractivity contribution in [2.24, 2.45) is 5.92 Å². The Labute approximate surface area is 232 Å². The molecule has 0 saturated heterocycles. The summed E-state index contributed by atoms with van der Waals surface area (Å²) < 4.78 is 11.9. The maximum atomic E-state index is 13.7. The van der Waals surface area contributed by atoms with Crippen molar-refractivity contribution in [2.75, 3.05) is 20.3 Å². The molecular formula is C29H32BrClN2O4. The smallest absolute Gasteiger partial charge is 0.261 e. The number of amides is 2. The second kappa shape index (κ2) is 14.1. The first-order valence-electron chi connectivity index (χ1n) is 12.1. The van der Waals surface area contributed by atoms with Crippen molar-refractivity contribution < 1.29 is 19.1 Å². The van der Waals surface area contributed by atoms with Gasteiger partial charge in [0.25, 0.3) is 5.91 Å². The van der Waals surface area contributed by atoms with Crippen LogP contribution in [-0.4, -0.2) is 43.0 Å². The standard InChI is InChI=1S/C29H32BrClN2O4/c1-20(2)17-32-29(35)26(15-21-8-5-4-6-9-21)33(18-22-10-7-11-24(14-22)36-3)28(34)19-37-27-13-12-23(31)16-25(27)30/h4-14,16,20,26H,15,17-19H2,1-3H3,(H,32,35).